The smallest absolute Gasteiger partial charge is 0.337 e. The minimum absolute atomic E-state index is 0.108. The van der Waals surface area contributed by atoms with E-state index in [0.717, 1.165) is 18.0 Å². The van der Waals surface area contributed by atoms with E-state index in [1.807, 2.05) is 0 Å². The van der Waals surface area contributed by atoms with Crippen LogP contribution in [-0.4, -0.2) is 57.2 Å². The Bertz CT molecular complexity index is 1700. The van der Waals surface area contributed by atoms with Gasteiger partial charge in [-0.3, -0.25) is 9.59 Å². The number of fused-ring (bicyclic) bond motifs is 1. The van der Waals surface area contributed by atoms with Gasteiger partial charge in [0.25, 0.3) is 11.5 Å². The fourth-order valence-corrected chi connectivity index (χ4v) is 4.53. The van der Waals surface area contributed by atoms with Crippen molar-refractivity contribution < 1.29 is 22.4 Å². The number of anilines is 1. The SMILES string of the molecule is CC#Cc1ccc2c(=O)[nH]nc(Cc3ccc(F)c(C(=O)N4CCN(c5ncc(C(F)(F)F)cn5)CC4)c3)c2c1. The molecule has 2 aromatic carbocycles. The highest BCUT2D eigenvalue weighted by molar-refractivity contribution is 5.95. The number of rotatable bonds is 4. The van der Waals surface area contributed by atoms with Gasteiger partial charge in [-0.2, -0.15) is 18.3 Å². The summed E-state index contributed by atoms with van der Waals surface area (Å²) in [6.45, 7) is 2.67. The minimum atomic E-state index is -4.53. The summed E-state index contributed by atoms with van der Waals surface area (Å²) < 4.78 is 53.1. The van der Waals surface area contributed by atoms with Crippen molar-refractivity contribution in [2.75, 3.05) is 31.1 Å². The highest BCUT2D eigenvalue weighted by Gasteiger charge is 2.32. The summed E-state index contributed by atoms with van der Waals surface area (Å²) in [5.74, 6) is 4.71. The topological polar surface area (TPSA) is 95.1 Å². The predicted molar refractivity (Wildman–Crippen MR) is 139 cm³/mol. The number of nitrogens with one attached hydrogen (secondary N) is 1. The predicted octanol–water partition coefficient (Wildman–Crippen LogP) is 3.80. The average Bonchev–Trinajstić information content (AvgIpc) is 2.95. The van der Waals surface area contributed by atoms with Crippen LogP contribution in [0.5, 0.6) is 0 Å². The lowest BCUT2D eigenvalue weighted by Gasteiger charge is -2.34. The maximum atomic E-state index is 14.8. The number of hydrogen-bond acceptors (Lipinski definition) is 6. The maximum Gasteiger partial charge on any atom is 0.419 e. The molecule has 12 heteroatoms. The molecule has 3 heterocycles. The normalized spacial score (nSPS) is 13.7. The molecule has 1 amide bonds. The van der Waals surface area contributed by atoms with Crippen molar-refractivity contribution in [1.29, 1.82) is 0 Å². The first-order valence-electron chi connectivity index (χ1n) is 12.3. The van der Waals surface area contributed by atoms with E-state index >= 15 is 0 Å². The van der Waals surface area contributed by atoms with Crippen LogP contribution in [0.25, 0.3) is 10.8 Å². The molecule has 40 heavy (non-hydrogen) atoms. The number of halogens is 4. The van der Waals surface area contributed by atoms with Crippen LogP contribution >= 0.6 is 0 Å². The molecular weight excluding hydrogens is 528 g/mol. The number of amides is 1. The Kier molecular flexibility index (Phi) is 7.21. The standard InChI is InChI=1S/C28H22F4N6O2/c1-2-3-17-4-6-20-21(12-17)24(35-36-25(20)39)14-18-5-7-23(29)22(13-18)26(40)37-8-10-38(11-9-37)27-33-15-19(16-34-27)28(30,31)32/h4-7,12-13,15-16H,8-11,14H2,1H3,(H,36,39). The van der Waals surface area contributed by atoms with Crippen molar-refractivity contribution in [3.8, 4) is 11.8 Å². The molecule has 0 aliphatic carbocycles. The molecule has 1 fully saturated rings. The van der Waals surface area contributed by atoms with Crippen LogP contribution in [0, 0.1) is 17.7 Å². The number of aromatic nitrogens is 4. The van der Waals surface area contributed by atoms with Crippen molar-refractivity contribution in [3.05, 3.63) is 92.9 Å². The minimum Gasteiger partial charge on any atom is -0.337 e. The molecule has 0 atom stereocenters. The first kappa shape index (κ1) is 26.8. The summed E-state index contributed by atoms with van der Waals surface area (Å²) in [6.07, 6.45) is -2.86. The fraction of sp³-hybridized carbons (Fsp3) is 0.250. The highest BCUT2D eigenvalue weighted by atomic mass is 19.4. The van der Waals surface area contributed by atoms with E-state index in [2.05, 4.69) is 32.0 Å². The van der Waals surface area contributed by atoms with E-state index in [1.165, 1.54) is 17.0 Å². The van der Waals surface area contributed by atoms with Crippen molar-refractivity contribution in [3.63, 3.8) is 0 Å². The number of piperazine rings is 1. The van der Waals surface area contributed by atoms with Crippen LogP contribution < -0.4 is 10.5 Å². The van der Waals surface area contributed by atoms with Gasteiger partial charge in [0.2, 0.25) is 5.95 Å². The number of H-pyrrole nitrogens is 1. The summed E-state index contributed by atoms with van der Waals surface area (Å²) >= 11 is 0. The maximum absolute atomic E-state index is 14.8. The Morgan fingerprint density at radius 3 is 2.42 bits per heavy atom. The van der Waals surface area contributed by atoms with Gasteiger partial charge in [0, 0.05) is 55.9 Å². The first-order chi connectivity index (χ1) is 19.1. The molecule has 0 bridgehead atoms. The van der Waals surface area contributed by atoms with Gasteiger partial charge in [-0.05, 0) is 42.8 Å². The van der Waals surface area contributed by atoms with E-state index in [1.54, 1.807) is 36.1 Å². The van der Waals surface area contributed by atoms with E-state index < -0.39 is 23.5 Å². The zero-order chi connectivity index (χ0) is 28.4. The van der Waals surface area contributed by atoms with Crippen molar-refractivity contribution in [2.45, 2.75) is 19.5 Å². The number of alkyl halides is 3. The quantitative estimate of drug-likeness (QED) is 0.307. The Hall–Kier alpha value is -4.79. The third-order valence-electron chi connectivity index (χ3n) is 6.58. The average molecular weight is 551 g/mol. The second kappa shape index (κ2) is 10.8. The number of nitrogens with zero attached hydrogens (tertiary/aromatic N) is 5. The van der Waals surface area contributed by atoms with Crippen LogP contribution in [0.1, 0.15) is 39.7 Å². The molecule has 4 aromatic rings. The number of benzene rings is 2. The van der Waals surface area contributed by atoms with Crippen LogP contribution in [0.2, 0.25) is 0 Å². The summed E-state index contributed by atoms with van der Waals surface area (Å²) in [4.78, 5) is 36.3. The Labute approximate surface area is 225 Å². The zero-order valence-electron chi connectivity index (χ0n) is 21.2. The third kappa shape index (κ3) is 5.49. The molecule has 204 valence electrons. The molecule has 0 saturated carbocycles. The van der Waals surface area contributed by atoms with Crippen LogP contribution in [0.4, 0.5) is 23.5 Å². The van der Waals surface area contributed by atoms with Crippen molar-refractivity contribution in [2.24, 2.45) is 0 Å². The van der Waals surface area contributed by atoms with Gasteiger partial charge < -0.3 is 9.80 Å². The van der Waals surface area contributed by atoms with Crippen LogP contribution in [0.3, 0.4) is 0 Å². The lowest BCUT2D eigenvalue weighted by Crippen LogP contribution is -2.49. The lowest BCUT2D eigenvalue weighted by molar-refractivity contribution is -0.138. The molecule has 1 saturated heterocycles. The van der Waals surface area contributed by atoms with Gasteiger partial charge in [0.05, 0.1) is 22.2 Å². The molecule has 8 nitrogen and oxygen atoms in total. The summed E-state index contributed by atoms with van der Waals surface area (Å²) in [5, 5.41) is 7.73. The molecule has 1 N–H and O–H groups in total. The molecule has 1 aliphatic rings. The van der Waals surface area contributed by atoms with E-state index in [9.17, 15) is 27.2 Å². The molecule has 2 aromatic heterocycles. The van der Waals surface area contributed by atoms with Gasteiger partial charge in [-0.1, -0.05) is 12.0 Å². The van der Waals surface area contributed by atoms with Crippen LogP contribution in [0.15, 0.2) is 53.6 Å². The van der Waals surface area contributed by atoms with E-state index in [-0.39, 0.29) is 49.7 Å². The van der Waals surface area contributed by atoms with Crippen molar-refractivity contribution >= 4 is 22.6 Å². The summed E-state index contributed by atoms with van der Waals surface area (Å²) in [6, 6.07) is 9.44. The second-order valence-electron chi connectivity index (χ2n) is 9.17. The van der Waals surface area contributed by atoms with Gasteiger partial charge in [0.1, 0.15) is 5.82 Å². The molecular formula is C28H22F4N6O2. The third-order valence-corrected chi connectivity index (χ3v) is 6.58. The molecule has 0 unspecified atom stereocenters. The number of carbonyl (C=O) groups excluding carboxylic acids is 1. The first-order valence-corrected chi connectivity index (χ1v) is 12.3. The fourth-order valence-electron chi connectivity index (χ4n) is 4.53. The highest BCUT2D eigenvalue weighted by Crippen LogP contribution is 2.28. The molecule has 1 aliphatic heterocycles. The van der Waals surface area contributed by atoms with Crippen molar-refractivity contribution in [1.82, 2.24) is 25.1 Å². The van der Waals surface area contributed by atoms with Crippen LogP contribution in [-0.2, 0) is 12.6 Å². The lowest BCUT2D eigenvalue weighted by atomic mass is 10.0. The van der Waals surface area contributed by atoms with E-state index in [4.69, 9.17) is 0 Å². The Balaban J connectivity index is 1.32. The monoisotopic (exact) mass is 550 g/mol. The van der Waals surface area contributed by atoms with Gasteiger partial charge >= 0.3 is 6.18 Å². The van der Waals surface area contributed by atoms with Gasteiger partial charge in [-0.25, -0.2) is 19.5 Å². The zero-order valence-corrected chi connectivity index (χ0v) is 21.2. The van der Waals surface area contributed by atoms with Gasteiger partial charge in [-0.15, -0.1) is 5.92 Å². The number of carbonyl (C=O) groups is 1. The summed E-state index contributed by atoms with van der Waals surface area (Å²) in [7, 11) is 0. The number of hydrogen-bond donors (Lipinski definition) is 1. The second-order valence-corrected chi connectivity index (χ2v) is 9.17. The Morgan fingerprint density at radius 1 is 1.02 bits per heavy atom. The largest absolute Gasteiger partial charge is 0.419 e. The number of aromatic amines is 1. The molecule has 5 rings (SSSR count). The summed E-state index contributed by atoms with van der Waals surface area (Å²) in [5.41, 5.74) is 0.493. The van der Waals surface area contributed by atoms with E-state index in [0.29, 0.717) is 22.0 Å². The Morgan fingerprint density at radius 2 is 1.75 bits per heavy atom. The van der Waals surface area contributed by atoms with Gasteiger partial charge in [0.15, 0.2) is 0 Å². The molecule has 0 spiro atoms. The molecule has 0 radical (unpaired) electrons.